The highest BCUT2D eigenvalue weighted by Crippen LogP contribution is 2.21. The molecule has 0 spiro atoms. The van der Waals surface area contributed by atoms with Crippen molar-refractivity contribution < 1.29 is 18.3 Å². The number of hydrogen-bond donors (Lipinski definition) is 0. The molecule has 1 aromatic carbocycles. The number of nitrogens with zero attached hydrogens (tertiary/aromatic N) is 2. The van der Waals surface area contributed by atoms with Crippen LogP contribution >= 0.6 is 0 Å². The van der Waals surface area contributed by atoms with E-state index in [1.165, 1.54) is 12.1 Å². The maximum Gasteiger partial charge on any atom is 0.325 e. The predicted octanol–water partition coefficient (Wildman–Crippen LogP) is 2.36. The summed E-state index contributed by atoms with van der Waals surface area (Å²) in [5, 5.41) is 0. The zero-order chi connectivity index (χ0) is 18.7. The first-order chi connectivity index (χ1) is 12.5. The van der Waals surface area contributed by atoms with Gasteiger partial charge in [-0.3, -0.25) is 9.59 Å². The molecule has 0 saturated heterocycles. The van der Waals surface area contributed by atoms with Gasteiger partial charge in [-0.05, 0) is 44.2 Å². The van der Waals surface area contributed by atoms with Gasteiger partial charge in [-0.25, -0.2) is 8.78 Å². The smallest absolute Gasteiger partial charge is 0.325 e. The predicted molar refractivity (Wildman–Crippen MR) is 90.9 cm³/mol. The van der Waals surface area contributed by atoms with E-state index in [0.29, 0.717) is 24.2 Å². The van der Waals surface area contributed by atoms with Crippen LogP contribution in [0.5, 0.6) is 0 Å². The van der Waals surface area contributed by atoms with Crippen molar-refractivity contribution in [2.45, 2.75) is 45.6 Å². The second-order valence-corrected chi connectivity index (χ2v) is 6.22. The van der Waals surface area contributed by atoms with Gasteiger partial charge in [0.05, 0.1) is 6.61 Å². The number of ether oxygens (including phenoxy) is 1. The molecule has 0 unspecified atom stereocenters. The largest absolute Gasteiger partial charge is 0.465 e. The van der Waals surface area contributed by atoms with Crippen LogP contribution in [0.4, 0.5) is 8.78 Å². The monoisotopic (exact) mass is 362 g/mol. The topological polar surface area (TPSA) is 61.2 Å². The number of esters is 1. The molecule has 0 bridgehead atoms. The third-order valence-electron chi connectivity index (χ3n) is 4.56. The van der Waals surface area contributed by atoms with Crippen molar-refractivity contribution in [2.75, 3.05) is 6.61 Å². The zero-order valence-electron chi connectivity index (χ0n) is 14.6. The van der Waals surface area contributed by atoms with Gasteiger partial charge in [0.15, 0.2) is 11.6 Å². The van der Waals surface area contributed by atoms with Crippen molar-refractivity contribution in [1.82, 2.24) is 9.55 Å². The van der Waals surface area contributed by atoms with Gasteiger partial charge in [0.2, 0.25) is 0 Å². The minimum absolute atomic E-state index is 0.0373. The number of carbonyl (C=O) groups is 1. The molecule has 1 aliphatic rings. The summed E-state index contributed by atoms with van der Waals surface area (Å²) in [5.74, 6) is -1.82. The third-order valence-corrected chi connectivity index (χ3v) is 4.56. The summed E-state index contributed by atoms with van der Waals surface area (Å²) in [6, 6.07) is 4.00. The standard InChI is InChI=1S/C19H20F2N2O3/c1-2-26-17(24)11-23-15-8-4-6-13(15)19(25)22-16(23)10-9-12-5-3-7-14(20)18(12)21/h3,5,7H,2,4,6,8-11H2,1H3. The van der Waals surface area contributed by atoms with Gasteiger partial charge in [0, 0.05) is 17.7 Å². The number of aromatic nitrogens is 2. The van der Waals surface area contributed by atoms with Crippen LogP contribution < -0.4 is 5.56 Å². The quantitative estimate of drug-likeness (QED) is 0.740. The van der Waals surface area contributed by atoms with Gasteiger partial charge < -0.3 is 9.30 Å². The van der Waals surface area contributed by atoms with Crippen molar-refractivity contribution in [3.8, 4) is 0 Å². The van der Waals surface area contributed by atoms with Crippen molar-refractivity contribution in [1.29, 1.82) is 0 Å². The summed E-state index contributed by atoms with van der Waals surface area (Å²) < 4.78 is 34.0. The molecule has 5 nitrogen and oxygen atoms in total. The van der Waals surface area contributed by atoms with E-state index in [-0.39, 0.29) is 37.1 Å². The van der Waals surface area contributed by atoms with Gasteiger partial charge in [0.1, 0.15) is 12.4 Å². The van der Waals surface area contributed by atoms with Crippen LogP contribution in [0.25, 0.3) is 0 Å². The molecule has 3 rings (SSSR count). The van der Waals surface area contributed by atoms with Gasteiger partial charge in [-0.15, -0.1) is 0 Å². The van der Waals surface area contributed by atoms with E-state index < -0.39 is 17.6 Å². The molecule has 0 aliphatic heterocycles. The summed E-state index contributed by atoms with van der Waals surface area (Å²) in [5.41, 5.74) is 1.34. The number of halogens is 2. The number of benzene rings is 1. The maximum atomic E-state index is 13.9. The van der Waals surface area contributed by atoms with Crippen molar-refractivity contribution in [3.63, 3.8) is 0 Å². The van der Waals surface area contributed by atoms with Crippen molar-refractivity contribution >= 4 is 5.97 Å². The molecule has 0 atom stereocenters. The number of fused-ring (bicyclic) bond motifs is 1. The molecule has 138 valence electrons. The Kier molecular flexibility index (Phi) is 5.44. The van der Waals surface area contributed by atoms with Crippen LogP contribution in [0.1, 0.15) is 36.0 Å². The number of aryl methyl sites for hydroxylation is 2. The SMILES string of the molecule is CCOC(=O)Cn1c(CCc2cccc(F)c2F)nc(=O)c2c1CCC2. The minimum atomic E-state index is -0.909. The number of hydrogen-bond acceptors (Lipinski definition) is 4. The minimum Gasteiger partial charge on any atom is -0.465 e. The summed E-state index contributed by atoms with van der Waals surface area (Å²) in [4.78, 5) is 28.3. The fraction of sp³-hybridized carbons (Fsp3) is 0.421. The molecular formula is C19H20F2N2O3. The summed E-state index contributed by atoms with van der Waals surface area (Å²) in [6.45, 7) is 1.95. The molecule has 0 N–H and O–H groups in total. The van der Waals surface area contributed by atoms with E-state index in [1.807, 2.05) is 0 Å². The van der Waals surface area contributed by atoms with Gasteiger partial charge in [-0.2, -0.15) is 4.98 Å². The Morgan fingerprint density at radius 3 is 2.85 bits per heavy atom. The van der Waals surface area contributed by atoms with E-state index in [1.54, 1.807) is 11.5 Å². The Morgan fingerprint density at radius 1 is 1.27 bits per heavy atom. The van der Waals surface area contributed by atoms with Crippen LogP contribution in [-0.2, 0) is 41.8 Å². The highest BCUT2D eigenvalue weighted by atomic mass is 19.2. The molecule has 0 amide bonds. The van der Waals surface area contributed by atoms with E-state index in [2.05, 4.69) is 4.98 Å². The van der Waals surface area contributed by atoms with Crippen LogP contribution in [0.3, 0.4) is 0 Å². The van der Waals surface area contributed by atoms with E-state index in [0.717, 1.165) is 18.2 Å². The van der Waals surface area contributed by atoms with E-state index in [4.69, 9.17) is 4.74 Å². The van der Waals surface area contributed by atoms with Crippen molar-refractivity contribution in [3.05, 3.63) is 62.8 Å². The molecule has 7 heteroatoms. The highest BCUT2D eigenvalue weighted by Gasteiger charge is 2.23. The summed E-state index contributed by atoms with van der Waals surface area (Å²) >= 11 is 0. The molecule has 1 aliphatic carbocycles. The molecular weight excluding hydrogens is 342 g/mol. The summed E-state index contributed by atoms with van der Waals surface area (Å²) in [7, 11) is 0. The Balaban J connectivity index is 1.92. The lowest BCUT2D eigenvalue weighted by Crippen LogP contribution is -2.27. The molecule has 1 aromatic heterocycles. The number of carbonyl (C=O) groups excluding carboxylic acids is 1. The first kappa shape index (κ1) is 18.2. The molecule has 2 aromatic rings. The average Bonchev–Trinajstić information content (AvgIpc) is 3.10. The van der Waals surface area contributed by atoms with E-state index >= 15 is 0 Å². The lowest BCUT2D eigenvalue weighted by Gasteiger charge is -2.17. The van der Waals surface area contributed by atoms with Crippen molar-refractivity contribution in [2.24, 2.45) is 0 Å². The normalized spacial score (nSPS) is 12.9. The fourth-order valence-electron chi connectivity index (χ4n) is 3.36. The van der Waals surface area contributed by atoms with E-state index in [9.17, 15) is 18.4 Å². The van der Waals surface area contributed by atoms with Gasteiger partial charge >= 0.3 is 5.97 Å². The second kappa shape index (κ2) is 7.76. The Hall–Kier alpha value is -2.57. The highest BCUT2D eigenvalue weighted by molar-refractivity contribution is 5.69. The summed E-state index contributed by atoms with van der Waals surface area (Å²) in [6.07, 6.45) is 2.56. The molecule has 0 radical (unpaired) electrons. The maximum absolute atomic E-state index is 13.9. The third kappa shape index (κ3) is 3.66. The lowest BCUT2D eigenvalue weighted by molar-refractivity contribution is -0.143. The first-order valence-electron chi connectivity index (χ1n) is 8.71. The average molecular weight is 362 g/mol. The van der Waals surface area contributed by atoms with Gasteiger partial charge in [-0.1, -0.05) is 12.1 Å². The Labute approximate surface area is 149 Å². The van der Waals surface area contributed by atoms with Crippen LogP contribution in [-0.4, -0.2) is 22.1 Å². The zero-order valence-corrected chi connectivity index (χ0v) is 14.6. The molecule has 0 fully saturated rings. The van der Waals surface area contributed by atoms with Crippen LogP contribution in [0.15, 0.2) is 23.0 Å². The van der Waals surface area contributed by atoms with Crippen LogP contribution in [0.2, 0.25) is 0 Å². The molecule has 26 heavy (non-hydrogen) atoms. The molecule has 0 saturated carbocycles. The lowest BCUT2D eigenvalue weighted by atomic mass is 10.1. The fourth-order valence-corrected chi connectivity index (χ4v) is 3.36. The first-order valence-corrected chi connectivity index (χ1v) is 8.71. The van der Waals surface area contributed by atoms with Crippen LogP contribution in [0, 0.1) is 11.6 Å². The Bertz CT molecular complexity index is 893. The second-order valence-electron chi connectivity index (χ2n) is 6.22. The Morgan fingerprint density at radius 2 is 2.08 bits per heavy atom. The van der Waals surface area contributed by atoms with Gasteiger partial charge in [0.25, 0.3) is 5.56 Å². The molecule has 1 heterocycles. The number of rotatable bonds is 6.